The van der Waals surface area contributed by atoms with Crippen molar-refractivity contribution in [1.29, 1.82) is 0 Å². The Labute approximate surface area is 126 Å². The molecule has 2 rings (SSSR count). The number of hydrogen-bond donors (Lipinski definition) is 0. The SMILES string of the molecule is CCP(=S)(c1ccccc1)P(C)(=S)c1ccccc1. The van der Waals surface area contributed by atoms with E-state index in [1.54, 1.807) is 0 Å². The molecule has 0 saturated heterocycles. The van der Waals surface area contributed by atoms with Crippen molar-refractivity contribution in [2.45, 2.75) is 6.92 Å². The number of hydrogen-bond acceptors (Lipinski definition) is 2. The Morgan fingerprint density at radius 1 is 0.789 bits per heavy atom. The van der Waals surface area contributed by atoms with Crippen LogP contribution in [0.5, 0.6) is 0 Å². The Balaban J connectivity index is 2.60. The zero-order valence-corrected chi connectivity index (χ0v) is 14.6. The fourth-order valence-electron chi connectivity index (χ4n) is 2.22. The van der Waals surface area contributed by atoms with Crippen molar-refractivity contribution >= 4 is 45.7 Å². The lowest BCUT2D eigenvalue weighted by atomic mass is 10.4. The Hall–Kier alpha value is -0.260. The van der Waals surface area contributed by atoms with Gasteiger partial charge in [0.05, 0.1) is 0 Å². The molecule has 0 heterocycles. The van der Waals surface area contributed by atoms with Gasteiger partial charge in [-0.05, 0) is 23.4 Å². The van der Waals surface area contributed by atoms with Gasteiger partial charge in [-0.1, -0.05) is 91.2 Å². The number of rotatable bonds is 4. The van der Waals surface area contributed by atoms with Gasteiger partial charge in [0.15, 0.2) is 0 Å². The second-order valence-electron chi connectivity index (χ2n) is 4.57. The molecule has 2 aromatic carbocycles. The fraction of sp³-hybridized carbons (Fsp3) is 0.200. The lowest BCUT2D eigenvalue weighted by Gasteiger charge is -2.32. The quantitative estimate of drug-likeness (QED) is 0.775. The summed E-state index contributed by atoms with van der Waals surface area (Å²) < 4.78 is 0. The first-order chi connectivity index (χ1) is 9.02. The van der Waals surface area contributed by atoms with Crippen LogP contribution in [0.15, 0.2) is 60.7 Å². The second-order valence-corrected chi connectivity index (χ2v) is 19.5. The molecule has 0 aliphatic carbocycles. The van der Waals surface area contributed by atoms with Crippen molar-refractivity contribution in [3.63, 3.8) is 0 Å². The molecule has 2 unspecified atom stereocenters. The molecular weight excluding hydrogens is 306 g/mol. The van der Waals surface area contributed by atoms with E-state index in [1.165, 1.54) is 10.6 Å². The first kappa shape index (κ1) is 15.1. The lowest BCUT2D eigenvalue weighted by Crippen LogP contribution is -2.12. The summed E-state index contributed by atoms with van der Waals surface area (Å²) in [6.45, 7) is 4.43. The molecule has 0 aliphatic heterocycles. The van der Waals surface area contributed by atoms with Crippen molar-refractivity contribution in [3.8, 4) is 0 Å². The normalized spacial score (nSPS) is 17.4. The third kappa shape index (κ3) is 2.78. The van der Waals surface area contributed by atoms with E-state index in [4.69, 9.17) is 23.6 Å². The van der Waals surface area contributed by atoms with Crippen molar-refractivity contribution in [3.05, 3.63) is 60.7 Å². The number of benzene rings is 2. The Kier molecular flexibility index (Phi) is 4.79. The third-order valence-corrected chi connectivity index (χ3v) is 22.2. The maximum atomic E-state index is 6.14. The minimum atomic E-state index is -1.73. The van der Waals surface area contributed by atoms with Crippen LogP contribution in [-0.4, -0.2) is 12.8 Å². The van der Waals surface area contributed by atoms with Gasteiger partial charge in [-0.25, -0.2) is 0 Å². The standard InChI is InChI=1S/C15H18P2S2/c1-3-17(19,15-12-8-5-9-13-15)16(2,18)14-10-6-4-7-11-14/h4-13H,3H2,1-2H3. The Morgan fingerprint density at radius 3 is 1.63 bits per heavy atom. The highest BCUT2D eigenvalue weighted by atomic mass is 32.8. The summed E-state index contributed by atoms with van der Waals surface area (Å²) in [7, 11) is 0. The Morgan fingerprint density at radius 2 is 1.21 bits per heavy atom. The van der Waals surface area contributed by atoms with Gasteiger partial charge in [-0.3, -0.25) is 0 Å². The molecule has 0 spiro atoms. The largest absolute Gasteiger partial charge is 0.0869 e. The molecule has 4 heteroatoms. The summed E-state index contributed by atoms with van der Waals surface area (Å²) in [5.74, 6) is 0. The van der Waals surface area contributed by atoms with Gasteiger partial charge in [0, 0.05) is 11.5 Å². The van der Waals surface area contributed by atoms with Crippen LogP contribution in [0.25, 0.3) is 0 Å². The molecule has 0 nitrogen and oxygen atoms in total. The molecule has 0 fully saturated rings. The monoisotopic (exact) mass is 324 g/mol. The van der Waals surface area contributed by atoms with Gasteiger partial charge in [-0.15, -0.1) is 0 Å². The Bertz CT molecular complexity index is 636. The predicted octanol–water partition coefficient (Wildman–Crippen LogP) is 4.16. The van der Waals surface area contributed by atoms with Crippen molar-refractivity contribution in [2.24, 2.45) is 0 Å². The van der Waals surface area contributed by atoms with E-state index in [-0.39, 0.29) is 0 Å². The molecule has 0 radical (unpaired) electrons. The predicted molar refractivity (Wildman–Crippen MR) is 97.2 cm³/mol. The summed E-state index contributed by atoms with van der Waals surface area (Å²) in [5, 5.41) is 2.57. The van der Waals surface area contributed by atoms with E-state index in [1.807, 2.05) is 12.1 Å². The van der Waals surface area contributed by atoms with Crippen LogP contribution in [0.1, 0.15) is 6.92 Å². The summed E-state index contributed by atoms with van der Waals surface area (Å²) in [5.41, 5.74) is -3.45. The van der Waals surface area contributed by atoms with Gasteiger partial charge in [0.25, 0.3) is 0 Å². The minimum absolute atomic E-state index is 0.995. The molecule has 19 heavy (non-hydrogen) atoms. The van der Waals surface area contributed by atoms with Crippen molar-refractivity contribution in [1.82, 2.24) is 0 Å². The average molecular weight is 324 g/mol. The van der Waals surface area contributed by atoms with Gasteiger partial charge >= 0.3 is 0 Å². The summed E-state index contributed by atoms with van der Waals surface area (Å²) in [4.78, 5) is 0. The molecule has 2 aromatic rings. The molecule has 0 bridgehead atoms. The maximum Gasteiger partial charge on any atom is 0.0175 e. The van der Waals surface area contributed by atoms with Gasteiger partial charge in [-0.2, -0.15) is 0 Å². The van der Waals surface area contributed by atoms with Crippen LogP contribution < -0.4 is 10.6 Å². The molecule has 0 aromatic heterocycles. The highest BCUT2D eigenvalue weighted by molar-refractivity contribution is 8.70. The minimum Gasteiger partial charge on any atom is -0.0869 e. The van der Waals surface area contributed by atoms with E-state index in [2.05, 4.69) is 62.1 Å². The van der Waals surface area contributed by atoms with E-state index in [9.17, 15) is 0 Å². The first-order valence-electron chi connectivity index (χ1n) is 6.30. The van der Waals surface area contributed by atoms with E-state index >= 15 is 0 Å². The van der Waals surface area contributed by atoms with Gasteiger partial charge < -0.3 is 0 Å². The van der Waals surface area contributed by atoms with Crippen LogP contribution in [0.3, 0.4) is 0 Å². The summed E-state index contributed by atoms with van der Waals surface area (Å²) in [6.07, 6.45) is 0.995. The van der Waals surface area contributed by atoms with Crippen LogP contribution in [-0.2, 0) is 23.6 Å². The molecule has 0 N–H and O–H groups in total. The highest BCUT2D eigenvalue weighted by Gasteiger charge is 2.32. The van der Waals surface area contributed by atoms with E-state index in [0.29, 0.717) is 0 Å². The molecule has 100 valence electrons. The second kappa shape index (κ2) is 6.02. The average Bonchev–Trinajstić information content (AvgIpc) is 2.48. The summed E-state index contributed by atoms with van der Waals surface area (Å²) in [6, 6.07) is 21.0. The topological polar surface area (TPSA) is 0 Å². The third-order valence-electron chi connectivity index (χ3n) is 3.44. The molecule has 2 atom stereocenters. The van der Waals surface area contributed by atoms with Crippen molar-refractivity contribution < 1.29 is 0 Å². The summed E-state index contributed by atoms with van der Waals surface area (Å²) >= 11 is 12.2. The fourth-order valence-corrected chi connectivity index (χ4v) is 13.6. The van der Waals surface area contributed by atoms with E-state index in [0.717, 1.165) is 6.16 Å². The van der Waals surface area contributed by atoms with Crippen LogP contribution in [0.2, 0.25) is 0 Å². The maximum absolute atomic E-state index is 6.14. The lowest BCUT2D eigenvalue weighted by molar-refractivity contribution is 1.51. The van der Waals surface area contributed by atoms with E-state index < -0.39 is 11.5 Å². The molecule has 0 saturated carbocycles. The zero-order chi connectivity index (χ0) is 13.9. The van der Waals surface area contributed by atoms with Gasteiger partial charge in [0.2, 0.25) is 0 Å². The molecule has 0 amide bonds. The van der Waals surface area contributed by atoms with Crippen LogP contribution >= 0.6 is 11.5 Å². The first-order valence-corrected chi connectivity index (χ1v) is 13.2. The smallest absolute Gasteiger partial charge is 0.0175 e. The van der Waals surface area contributed by atoms with Crippen molar-refractivity contribution in [2.75, 3.05) is 12.8 Å². The zero-order valence-electron chi connectivity index (χ0n) is 11.2. The van der Waals surface area contributed by atoms with Gasteiger partial charge in [0.1, 0.15) is 0 Å². The highest BCUT2D eigenvalue weighted by Crippen LogP contribution is 2.77. The molecular formula is C15H18P2S2. The molecule has 0 aliphatic rings. The van der Waals surface area contributed by atoms with Crippen LogP contribution in [0.4, 0.5) is 0 Å². The van der Waals surface area contributed by atoms with Crippen LogP contribution in [0, 0.1) is 0 Å².